The number of aryl methyl sites for hydroxylation is 1. The molecule has 30 heavy (non-hydrogen) atoms. The molecule has 2 aromatic rings. The van der Waals surface area contributed by atoms with Crippen LogP contribution < -0.4 is 10.6 Å². The van der Waals surface area contributed by atoms with Gasteiger partial charge in [0.05, 0.1) is 13.2 Å². The van der Waals surface area contributed by atoms with Crippen molar-refractivity contribution >= 4 is 0 Å². The number of benzene rings is 2. The van der Waals surface area contributed by atoms with Crippen LogP contribution in [0.25, 0.3) is 0 Å². The van der Waals surface area contributed by atoms with Crippen LogP contribution in [0.5, 0.6) is 11.5 Å². The van der Waals surface area contributed by atoms with E-state index in [1.165, 1.54) is 12.1 Å². The molecule has 3 unspecified atom stereocenters. The van der Waals surface area contributed by atoms with Crippen LogP contribution in [0.2, 0.25) is 0 Å². The molecule has 3 atom stereocenters. The highest BCUT2D eigenvalue weighted by atomic mass is 19.1. The first kappa shape index (κ1) is 21.1. The third-order valence-corrected chi connectivity index (χ3v) is 6.87. The molecule has 0 amide bonds. The minimum Gasteiger partial charge on any atom is -0.504 e. The van der Waals surface area contributed by atoms with Gasteiger partial charge in [-0.2, -0.15) is 0 Å². The van der Waals surface area contributed by atoms with E-state index in [1.54, 1.807) is 6.07 Å². The third kappa shape index (κ3) is 4.04. The summed E-state index contributed by atoms with van der Waals surface area (Å²) in [5.74, 6) is 0.0239. The van der Waals surface area contributed by atoms with E-state index < -0.39 is 0 Å². The zero-order valence-electron chi connectivity index (χ0n) is 17.5. The summed E-state index contributed by atoms with van der Waals surface area (Å²) in [5, 5.41) is 27.4. The van der Waals surface area contributed by atoms with Crippen LogP contribution in [0.4, 0.5) is 4.39 Å². The first-order valence-corrected chi connectivity index (χ1v) is 10.8. The highest BCUT2D eigenvalue weighted by Crippen LogP contribution is 2.47. The van der Waals surface area contributed by atoms with Gasteiger partial charge in [-0.1, -0.05) is 18.2 Å². The second-order valence-corrected chi connectivity index (χ2v) is 8.68. The van der Waals surface area contributed by atoms with Gasteiger partial charge in [0.1, 0.15) is 5.82 Å². The second-order valence-electron chi connectivity index (χ2n) is 8.68. The zero-order chi connectivity index (χ0) is 21.1. The van der Waals surface area contributed by atoms with E-state index in [-0.39, 0.29) is 22.7 Å². The number of aromatic hydroxyl groups is 2. The van der Waals surface area contributed by atoms with Crippen LogP contribution in [0.3, 0.4) is 0 Å². The molecule has 1 fully saturated rings. The number of likely N-dealkylation sites (N-methyl/N-ethyl adjacent to an activating group) is 1. The van der Waals surface area contributed by atoms with Gasteiger partial charge in [0.2, 0.25) is 0 Å². The van der Waals surface area contributed by atoms with Gasteiger partial charge < -0.3 is 25.6 Å². The number of fused-ring (bicyclic) bond motifs is 1. The number of ether oxygens (including phenoxy) is 1. The molecule has 2 heterocycles. The maximum atomic E-state index is 13.2. The van der Waals surface area contributed by atoms with Crippen molar-refractivity contribution in [1.82, 2.24) is 10.6 Å². The Bertz CT molecular complexity index is 873. The Balaban J connectivity index is 1.55. The van der Waals surface area contributed by atoms with Gasteiger partial charge in [-0.15, -0.1) is 0 Å². The lowest BCUT2D eigenvalue weighted by atomic mass is 9.64. The Labute approximate surface area is 177 Å². The predicted octanol–water partition coefficient (Wildman–Crippen LogP) is 3.23. The van der Waals surface area contributed by atoms with Crippen LogP contribution in [0, 0.1) is 11.7 Å². The second kappa shape index (κ2) is 8.92. The molecule has 0 aliphatic carbocycles. The molecule has 0 aromatic heterocycles. The van der Waals surface area contributed by atoms with Gasteiger partial charge in [0.25, 0.3) is 0 Å². The Morgan fingerprint density at radius 2 is 2.00 bits per heavy atom. The maximum Gasteiger partial charge on any atom is 0.163 e. The molecule has 4 rings (SSSR count). The van der Waals surface area contributed by atoms with E-state index in [0.29, 0.717) is 30.7 Å². The van der Waals surface area contributed by atoms with Crippen LogP contribution >= 0.6 is 0 Å². The van der Waals surface area contributed by atoms with Gasteiger partial charge in [0.15, 0.2) is 11.5 Å². The Morgan fingerprint density at radius 3 is 2.77 bits per heavy atom. The lowest BCUT2D eigenvalue weighted by molar-refractivity contribution is 0.0112. The molecule has 1 saturated heterocycles. The molecule has 2 aliphatic heterocycles. The van der Waals surface area contributed by atoms with Crippen LogP contribution in [-0.4, -0.2) is 43.0 Å². The van der Waals surface area contributed by atoms with Crippen LogP contribution in [0.1, 0.15) is 36.0 Å². The quantitative estimate of drug-likeness (QED) is 0.546. The van der Waals surface area contributed by atoms with Crippen LogP contribution in [0.15, 0.2) is 36.4 Å². The molecule has 0 bridgehead atoms. The highest BCUT2D eigenvalue weighted by molar-refractivity contribution is 5.52. The average molecular weight is 415 g/mol. The first-order valence-electron chi connectivity index (χ1n) is 10.8. The summed E-state index contributed by atoms with van der Waals surface area (Å²) in [6.45, 7) is 2.60. The molecule has 5 nitrogen and oxygen atoms in total. The fourth-order valence-electron chi connectivity index (χ4n) is 5.31. The topological polar surface area (TPSA) is 73.8 Å². The monoisotopic (exact) mass is 414 g/mol. The SMILES string of the molecule is CNCC1(C2CCNC(CCc3ccc(F)cc3)C2)COCc2c1ccc(O)c2O. The maximum absolute atomic E-state index is 13.2. The van der Waals surface area contributed by atoms with E-state index in [4.69, 9.17) is 4.74 Å². The third-order valence-electron chi connectivity index (χ3n) is 6.87. The summed E-state index contributed by atoms with van der Waals surface area (Å²) < 4.78 is 19.1. The van der Waals surface area contributed by atoms with E-state index >= 15 is 0 Å². The van der Waals surface area contributed by atoms with E-state index in [0.717, 1.165) is 49.9 Å². The van der Waals surface area contributed by atoms with E-state index in [2.05, 4.69) is 10.6 Å². The summed E-state index contributed by atoms with van der Waals surface area (Å²) in [7, 11) is 1.95. The van der Waals surface area contributed by atoms with Gasteiger partial charge in [-0.05, 0) is 74.5 Å². The lowest BCUT2D eigenvalue weighted by Crippen LogP contribution is -2.54. The fourth-order valence-corrected chi connectivity index (χ4v) is 5.31. The number of phenols is 2. The van der Waals surface area contributed by atoms with E-state index in [1.807, 2.05) is 25.2 Å². The summed E-state index contributed by atoms with van der Waals surface area (Å²) >= 11 is 0. The number of rotatable bonds is 6. The number of phenolic OH excluding ortho intramolecular Hbond substituents is 2. The molecule has 0 radical (unpaired) electrons. The van der Waals surface area contributed by atoms with Crippen molar-refractivity contribution in [3.8, 4) is 11.5 Å². The van der Waals surface area contributed by atoms with E-state index in [9.17, 15) is 14.6 Å². The summed E-state index contributed by atoms with van der Waals surface area (Å²) in [6.07, 6.45) is 3.93. The normalized spacial score (nSPS) is 26.3. The zero-order valence-corrected chi connectivity index (χ0v) is 17.5. The number of piperidine rings is 1. The van der Waals surface area contributed by atoms with Gasteiger partial charge in [-0.25, -0.2) is 4.39 Å². The minimum atomic E-state index is -0.246. The molecule has 4 N–H and O–H groups in total. The minimum absolute atomic E-state index is 0.0607. The molecule has 162 valence electrons. The first-order chi connectivity index (χ1) is 14.5. The Kier molecular flexibility index (Phi) is 6.27. The summed E-state index contributed by atoms with van der Waals surface area (Å²) in [4.78, 5) is 0. The van der Waals surface area contributed by atoms with Crippen molar-refractivity contribution in [2.24, 2.45) is 5.92 Å². The molecule has 6 heteroatoms. The van der Waals surface area contributed by atoms with Crippen molar-refractivity contribution < 1.29 is 19.3 Å². The molecular formula is C24H31FN2O3. The van der Waals surface area contributed by atoms with Crippen molar-refractivity contribution in [3.63, 3.8) is 0 Å². The standard InChI is InChI=1S/C24H31FN2O3/c1-26-14-24(15-30-13-20-21(24)8-9-22(28)23(20)29)17-10-11-27-19(12-17)7-4-16-2-5-18(25)6-3-16/h2-3,5-6,8-9,17,19,26-29H,4,7,10-15H2,1H3. The highest BCUT2D eigenvalue weighted by Gasteiger charge is 2.46. The largest absolute Gasteiger partial charge is 0.504 e. The number of hydrogen-bond donors (Lipinski definition) is 4. The predicted molar refractivity (Wildman–Crippen MR) is 114 cm³/mol. The Hall–Kier alpha value is -2.15. The van der Waals surface area contributed by atoms with Crippen molar-refractivity contribution in [1.29, 1.82) is 0 Å². The summed E-state index contributed by atoms with van der Waals surface area (Å²) in [5.41, 5.74) is 2.70. The number of halogens is 1. The number of hydrogen-bond acceptors (Lipinski definition) is 5. The average Bonchev–Trinajstić information content (AvgIpc) is 2.76. The molecule has 2 aliphatic rings. The molecule has 2 aromatic carbocycles. The van der Waals surface area contributed by atoms with Crippen molar-refractivity contribution in [3.05, 3.63) is 58.9 Å². The molecule has 0 spiro atoms. The number of nitrogens with one attached hydrogen (secondary N) is 2. The molecule has 0 saturated carbocycles. The lowest BCUT2D eigenvalue weighted by Gasteiger charge is -2.48. The van der Waals surface area contributed by atoms with Crippen molar-refractivity contribution in [2.45, 2.75) is 43.7 Å². The summed E-state index contributed by atoms with van der Waals surface area (Å²) in [6, 6.07) is 10.7. The smallest absolute Gasteiger partial charge is 0.163 e. The van der Waals surface area contributed by atoms with Gasteiger partial charge >= 0.3 is 0 Å². The molecular weight excluding hydrogens is 383 g/mol. The van der Waals surface area contributed by atoms with Crippen LogP contribution in [-0.2, 0) is 23.2 Å². The van der Waals surface area contributed by atoms with Gasteiger partial charge in [-0.3, -0.25) is 0 Å². The van der Waals surface area contributed by atoms with Gasteiger partial charge in [0, 0.05) is 23.6 Å². The Morgan fingerprint density at radius 1 is 1.20 bits per heavy atom. The fraction of sp³-hybridized carbons (Fsp3) is 0.500. The van der Waals surface area contributed by atoms with Crippen molar-refractivity contribution in [2.75, 3.05) is 26.7 Å².